The lowest BCUT2D eigenvalue weighted by atomic mass is 9.85. The third kappa shape index (κ3) is 7.07. The number of benzene rings is 1. The van der Waals surface area contributed by atoms with E-state index in [1.807, 2.05) is 26.8 Å². The minimum absolute atomic E-state index is 0.0326. The van der Waals surface area contributed by atoms with Gasteiger partial charge < -0.3 is 24.8 Å². The number of ether oxygens (including phenoxy) is 1. The lowest BCUT2D eigenvalue weighted by Crippen LogP contribution is -2.42. The third-order valence-corrected chi connectivity index (χ3v) is 9.58. The van der Waals surface area contributed by atoms with Crippen molar-refractivity contribution in [3.63, 3.8) is 0 Å². The molecule has 0 spiro atoms. The Bertz CT molecular complexity index is 1490. The minimum atomic E-state index is -0.618. The van der Waals surface area contributed by atoms with Crippen LogP contribution in [-0.4, -0.2) is 83.7 Å². The van der Waals surface area contributed by atoms with Crippen molar-refractivity contribution >= 4 is 17.5 Å². The van der Waals surface area contributed by atoms with E-state index in [4.69, 9.17) is 9.72 Å². The largest absolute Gasteiger partial charge is 0.484 e. The van der Waals surface area contributed by atoms with Gasteiger partial charge in [-0.2, -0.15) is 0 Å². The number of hydrogen-bond acceptors (Lipinski definition) is 8. The van der Waals surface area contributed by atoms with Crippen LogP contribution in [0.2, 0.25) is 0 Å². The first-order valence-corrected chi connectivity index (χ1v) is 16.6. The molecule has 0 bridgehead atoms. The first kappa shape index (κ1) is 31.6. The van der Waals surface area contributed by atoms with Gasteiger partial charge in [0.2, 0.25) is 5.95 Å². The summed E-state index contributed by atoms with van der Waals surface area (Å²) in [7, 11) is 4.26. The summed E-state index contributed by atoms with van der Waals surface area (Å²) in [5.74, 6) is 0.867. The van der Waals surface area contributed by atoms with Gasteiger partial charge in [0.25, 0.3) is 0 Å². The predicted molar refractivity (Wildman–Crippen MR) is 176 cm³/mol. The van der Waals surface area contributed by atoms with Crippen LogP contribution in [0.1, 0.15) is 82.4 Å². The van der Waals surface area contributed by atoms with Crippen molar-refractivity contribution in [2.75, 3.05) is 57.0 Å². The maximum Gasteiger partial charge on any atom is 0.229 e. The molecule has 3 aromatic rings. The molecule has 45 heavy (non-hydrogen) atoms. The number of hydrogen-bond donors (Lipinski definition) is 1. The van der Waals surface area contributed by atoms with E-state index < -0.39 is 11.6 Å². The monoisotopic (exact) mass is 619 g/mol. The van der Waals surface area contributed by atoms with Crippen molar-refractivity contribution in [2.45, 2.75) is 83.3 Å². The molecule has 2 aliphatic heterocycles. The highest BCUT2D eigenvalue weighted by atomic mass is 19.1. The molecule has 242 valence electrons. The second-order valence-electron chi connectivity index (χ2n) is 13.6. The number of likely N-dealkylation sites (N-methyl/N-ethyl adjacent to an activating group) is 1. The Hall–Kier alpha value is -3.37. The van der Waals surface area contributed by atoms with Crippen molar-refractivity contribution < 1.29 is 13.5 Å². The normalized spacial score (nSPS) is 19.8. The lowest BCUT2D eigenvalue weighted by molar-refractivity contribution is 0.193. The molecular formula is C35H47F2N7O. The van der Waals surface area contributed by atoms with Crippen LogP contribution >= 0.6 is 0 Å². The lowest BCUT2D eigenvalue weighted by Gasteiger charge is -2.38. The molecule has 1 atom stereocenters. The van der Waals surface area contributed by atoms with Crippen LogP contribution in [0.4, 0.5) is 26.2 Å². The molecular weight excluding hydrogens is 572 g/mol. The van der Waals surface area contributed by atoms with Gasteiger partial charge in [-0.25, -0.2) is 23.7 Å². The van der Waals surface area contributed by atoms with E-state index in [9.17, 15) is 0 Å². The summed E-state index contributed by atoms with van der Waals surface area (Å²) in [6.07, 6.45) is 8.03. The summed E-state index contributed by atoms with van der Waals surface area (Å²) in [6, 6.07) is 7.40. The molecule has 1 saturated carbocycles. The van der Waals surface area contributed by atoms with E-state index in [2.05, 4.69) is 50.1 Å². The second-order valence-corrected chi connectivity index (χ2v) is 13.6. The quantitative estimate of drug-likeness (QED) is 0.276. The molecule has 0 amide bonds. The van der Waals surface area contributed by atoms with Gasteiger partial charge in [0, 0.05) is 36.3 Å². The topological polar surface area (TPSA) is 69.7 Å². The maximum absolute atomic E-state index is 15.3. The van der Waals surface area contributed by atoms with Crippen molar-refractivity contribution in [2.24, 2.45) is 0 Å². The smallest absolute Gasteiger partial charge is 0.229 e. The Morgan fingerprint density at radius 2 is 1.76 bits per heavy atom. The molecule has 2 aromatic heterocycles. The van der Waals surface area contributed by atoms with Gasteiger partial charge in [-0.05, 0) is 103 Å². The fourth-order valence-electron chi connectivity index (χ4n) is 7.13. The van der Waals surface area contributed by atoms with Gasteiger partial charge in [-0.3, -0.25) is 0 Å². The number of piperidine rings is 1. The van der Waals surface area contributed by atoms with E-state index in [0.717, 1.165) is 58.1 Å². The van der Waals surface area contributed by atoms with Gasteiger partial charge >= 0.3 is 0 Å². The number of rotatable bonds is 9. The minimum Gasteiger partial charge on any atom is -0.484 e. The molecule has 6 rings (SSSR count). The summed E-state index contributed by atoms with van der Waals surface area (Å²) in [5, 5.41) is 3.24. The highest BCUT2D eigenvalue weighted by Crippen LogP contribution is 2.42. The Morgan fingerprint density at radius 3 is 2.47 bits per heavy atom. The predicted octanol–water partition coefficient (Wildman–Crippen LogP) is 6.95. The Labute approximate surface area is 266 Å². The number of halogens is 2. The number of fused-ring (bicyclic) bond motifs is 1. The SMILES string of the molecule is CC1CN(C(C)C)c2cc(-c3nc(Nc4ccc(C5CCN(CCN(C)C)CC5)c(C5CCCC5)n4)ncc3F)cc(F)c2O1. The van der Waals surface area contributed by atoms with Gasteiger partial charge in [0.05, 0.1) is 18.4 Å². The number of nitrogens with zero attached hydrogens (tertiary/aromatic N) is 6. The third-order valence-electron chi connectivity index (χ3n) is 9.58. The van der Waals surface area contributed by atoms with Gasteiger partial charge in [-0.1, -0.05) is 18.9 Å². The zero-order valence-corrected chi connectivity index (χ0v) is 27.3. The first-order chi connectivity index (χ1) is 21.7. The average Bonchev–Trinajstić information content (AvgIpc) is 3.56. The highest BCUT2D eigenvalue weighted by molar-refractivity contribution is 5.73. The number of anilines is 3. The molecule has 1 unspecified atom stereocenters. The van der Waals surface area contributed by atoms with Crippen LogP contribution in [0.5, 0.6) is 5.75 Å². The number of aromatic nitrogens is 3. The maximum atomic E-state index is 15.3. The van der Waals surface area contributed by atoms with Crippen molar-refractivity contribution in [1.82, 2.24) is 24.8 Å². The number of pyridine rings is 1. The van der Waals surface area contributed by atoms with Crippen molar-refractivity contribution in [3.8, 4) is 17.0 Å². The Kier molecular flexibility index (Phi) is 9.52. The molecule has 10 heteroatoms. The van der Waals surface area contributed by atoms with Crippen LogP contribution in [0.3, 0.4) is 0 Å². The van der Waals surface area contributed by atoms with E-state index in [0.29, 0.717) is 35.4 Å². The van der Waals surface area contributed by atoms with Crippen molar-refractivity contribution in [3.05, 3.63) is 53.4 Å². The fourth-order valence-corrected chi connectivity index (χ4v) is 7.13. The fraction of sp³-hybridized carbons (Fsp3) is 0.571. The standard InChI is InChI=1S/C35H47F2N7O/c1-22(2)44-21-23(3)45-34-28(36)18-26(19-30(34)44)33-29(37)20-38-35(41-33)40-31-11-10-27(32(39-31)25-8-6-7-9-25)24-12-14-43(15-13-24)17-16-42(4)5/h10-11,18-20,22-25H,6-9,12-17,21H2,1-5H3,(H,38,39,40,41). The second kappa shape index (κ2) is 13.5. The van der Waals surface area contributed by atoms with Crippen LogP contribution in [0.25, 0.3) is 11.3 Å². The summed E-state index contributed by atoms with van der Waals surface area (Å²) >= 11 is 0. The molecule has 3 aliphatic rings. The summed E-state index contributed by atoms with van der Waals surface area (Å²) in [4.78, 5) is 20.8. The molecule has 8 nitrogen and oxygen atoms in total. The van der Waals surface area contributed by atoms with Gasteiger partial charge in [0.15, 0.2) is 17.4 Å². The van der Waals surface area contributed by atoms with E-state index in [1.165, 1.54) is 30.2 Å². The Morgan fingerprint density at radius 1 is 1.00 bits per heavy atom. The summed E-state index contributed by atoms with van der Waals surface area (Å²) < 4.78 is 36.3. The summed E-state index contributed by atoms with van der Waals surface area (Å²) in [5.41, 5.74) is 3.53. The molecule has 0 radical (unpaired) electrons. The van der Waals surface area contributed by atoms with Crippen LogP contribution in [0, 0.1) is 11.6 Å². The zero-order chi connectivity index (χ0) is 31.7. The molecule has 2 fully saturated rings. The van der Waals surface area contributed by atoms with E-state index in [1.54, 1.807) is 6.07 Å². The van der Waals surface area contributed by atoms with Crippen molar-refractivity contribution in [1.29, 1.82) is 0 Å². The molecule has 1 N–H and O–H groups in total. The van der Waals surface area contributed by atoms with E-state index in [-0.39, 0.29) is 29.5 Å². The van der Waals surface area contributed by atoms with Gasteiger partial charge in [-0.15, -0.1) is 0 Å². The van der Waals surface area contributed by atoms with Gasteiger partial charge in [0.1, 0.15) is 17.6 Å². The molecule has 1 saturated heterocycles. The Balaban J connectivity index is 1.25. The van der Waals surface area contributed by atoms with Crippen LogP contribution in [-0.2, 0) is 0 Å². The number of likely N-dealkylation sites (tertiary alicyclic amines) is 1. The highest BCUT2D eigenvalue weighted by Gasteiger charge is 2.30. The molecule has 4 heterocycles. The molecule has 1 aromatic carbocycles. The van der Waals surface area contributed by atoms with Crippen LogP contribution < -0.4 is 15.0 Å². The zero-order valence-electron chi connectivity index (χ0n) is 27.3. The van der Waals surface area contributed by atoms with Crippen LogP contribution in [0.15, 0.2) is 30.5 Å². The number of nitrogens with one attached hydrogen (secondary N) is 1. The average molecular weight is 620 g/mol. The first-order valence-electron chi connectivity index (χ1n) is 16.6. The van der Waals surface area contributed by atoms with E-state index >= 15 is 8.78 Å². The molecule has 1 aliphatic carbocycles. The summed E-state index contributed by atoms with van der Waals surface area (Å²) in [6.45, 7) is 11.0.